The molecule has 19 heavy (non-hydrogen) atoms. The van der Waals surface area contributed by atoms with Crippen molar-refractivity contribution in [2.45, 2.75) is 39.8 Å². The summed E-state index contributed by atoms with van der Waals surface area (Å²) in [6.45, 7) is 7.41. The number of nitrogens with two attached hydrogens (primary N) is 1. The van der Waals surface area contributed by atoms with Crippen LogP contribution >= 0.6 is 0 Å². The summed E-state index contributed by atoms with van der Waals surface area (Å²) in [5.74, 6) is 0.472. The van der Waals surface area contributed by atoms with Crippen LogP contribution in [0.15, 0.2) is 42.7 Å². The van der Waals surface area contributed by atoms with Gasteiger partial charge in [-0.1, -0.05) is 45.0 Å². The SMILES string of the molecule is CCc1ccc(Cn2ccc(C(N)C(C)C)c2)cc1. The van der Waals surface area contributed by atoms with Gasteiger partial charge in [0.15, 0.2) is 0 Å². The summed E-state index contributed by atoms with van der Waals surface area (Å²) in [4.78, 5) is 0. The fraction of sp³-hybridized carbons (Fsp3) is 0.412. The minimum absolute atomic E-state index is 0.128. The summed E-state index contributed by atoms with van der Waals surface area (Å²) >= 11 is 0. The number of hydrogen-bond donors (Lipinski definition) is 1. The van der Waals surface area contributed by atoms with Gasteiger partial charge in [-0.25, -0.2) is 0 Å². The molecule has 1 atom stereocenters. The molecule has 0 saturated heterocycles. The van der Waals surface area contributed by atoms with E-state index in [4.69, 9.17) is 5.73 Å². The van der Waals surface area contributed by atoms with Crippen molar-refractivity contribution >= 4 is 0 Å². The van der Waals surface area contributed by atoms with Crippen LogP contribution < -0.4 is 5.73 Å². The van der Waals surface area contributed by atoms with Crippen molar-refractivity contribution in [1.29, 1.82) is 0 Å². The zero-order chi connectivity index (χ0) is 13.8. The van der Waals surface area contributed by atoms with Gasteiger partial charge >= 0.3 is 0 Å². The summed E-state index contributed by atoms with van der Waals surface area (Å²) in [7, 11) is 0. The molecule has 0 bridgehead atoms. The van der Waals surface area contributed by atoms with E-state index in [-0.39, 0.29) is 6.04 Å². The predicted octanol–water partition coefficient (Wildman–Crippen LogP) is 3.75. The van der Waals surface area contributed by atoms with E-state index in [0.717, 1.165) is 13.0 Å². The Morgan fingerprint density at radius 1 is 1.05 bits per heavy atom. The molecule has 1 unspecified atom stereocenters. The molecule has 0 fully saturated rings. The van der Waals surface area contributed by atoms with Crippen LogP contribution in [0, 0.1) is 5.92 Å². The summed E-state index contributed by atoms with van der Waals surface area (Å²) in [5.41, 5.74) is 10.1. The van der Waals surface area contributed by atoms with Gasteiger partial charge < -0.3 is 10.3 Å². The maximum absolute atomic E-state index is 6.17. The molecule has 1 aromatic heterocycles. The van der Waals surface area contributed by atoms with Gasteiger partial charge in [0, 0.05) is 25.0 Å². The van der Waals surface area contributed by atoms with Gasteiger partial charge in [-0.3, -0.25) is 0 Å². The van der Waals surface area contributed by atoms with Crippen molar-refractivity contribution in [3.63, 3.8) is 0 Å². The van der Waals surface area contributed by atoms with Crippen molar-refractivity contribution in [3.05, 3.63) is 59.4 Å². The molecule has 102 valence electrons. The van der Waals surface area contributed by atoms with Gasteiger partial charge in [-0.15, -0.1) is 0 Å². The minimum atomic E-state index is 0.128. The van der Waals surface area contributed by atoms with Crippen molar-refractivity contribution in [2.75, 3.05) is 0 Å². The van der Waals surface area contributed by atoms with Crippen molar-refractivity contribution in [3.8, 4) is 0 Å². The van der Waals surface area contributed by atoms with E-state index >= 15 is 0 Å². The summed E-state index contributed by atoms with van der Waals surface area (Å²) in [6.07, 6.45) is 5.38. The van der Waals surface area contributed by atoms with Gasteiger partial charge in [0.1, 0.15) is 0 Å². The summed E-state index contributed by atoms with van der Waals surface area (Å²) in [5, 5.41) is 0. The lowest BCUT2D eigenvalue weighted by Gasteiger charge is -2.13. The van der Waals surface area contributed by atoms with Gasteiger partial charge in [-0.2, -0.15) is 0 Å². The first kappa shape index (κ1) is 13.9. The lowest BCUT2D eigenvalue weighted by Crippen LogP contribution is -2.15. The average Bonchev–Trinajstić information content (AvgIpc) is 2.87. The molecule has 0 spiro atoms. The molecular weight excluding hydrogens is 232 g/mol. The van der Waals surface area contributed by atoms with Gasteiger partial charge in [0.25, 0.3) is 0 Å². The number of aromatic nitrogens is 1. The maximum Gasteiger partial charge on any atom is 0.0470 e. The van der Waals surface area contributed by atoms with Crippen LogP contribution in [0.2, 0.25) is 0 Å². The number of hydrogen-bond acceptors (Lipinski definition) is 1. The van der Waals surface area contributed by atoms with Crippen LogP contribution in [0.3, 0.4) is 0 Å². The predicted molar refractivity (Wildman–Crippen MR) is 81.1 cm³/mol. The molecule has 2 nitrogen and oxygen atoms in total. The smallest absolute Gasteiger partial charge is 0.0470 e. The molecule has 2 rings (SSSR count). The van der Waals surface area contributed by atoms with Crippen molar-refractivity contribution in [1.82, 2.24) is 4.57 Å². The third-order valence-electron chi connectivity index (χ3n) is 3.67. The van der Waals surface area contributed by atoms with Crippen LogP contribution in [0.1, 0.15) is 43.5 Å². The van der Waals surface area contributed by atoms with Crippen LogP contribution in [0.25, 0.3) is 0 Å². The summed E-state index contributed by atoms with van der Waals surface area (Å²) < 4.78 is 2.21. The Bertz CT molecular complexity index is 508. The highest BCUT2D eigenvalue weighted by Crippen LogP contribution is 2.19. The largest absolute Gasteiger partial charge is 0.350 e. The summed E-state index contributed by atoms with van der Waals surface area (Å²) in [6, 6.07) is 11.1. The molecule has 2 N–H and O–H groups in total. The highest BCUT2D eigenvalue weighted by atomic mass is 14.9. The Labute approximate surface area is 116 Å². The zero-order valence-corrected chi connectivity index (χ0v) is 12.1. The van der Waals surface area contributed by atoms with Gasteiger partial charge in [0.05, 0.1) is 0 Å². The number of aryl methyl sites for hydroxylation is 1. The Morgan fingerprint density at radius 2 is 1.68 bits per heavy atom. The van der Waals surface area contributed by atoms with E-state index in [1.54, 1.807) is 0 Å². The maximum atomic E-state index is 6.17. The second kappa shape index (κ2) is 6.07. The minimum Gasteiger partial charge on any atom is -0.350 e. The topological polar surface area (TPSA) is 30.9 Å². The third kappa shape index (κ3) is 3.48. The van der Waals surface area contributed by atoms with E-state index < -0.39 is 0 Å². The monoisotopic (exact) mass is 256 g/mol. The van der Waals surface area contributed by atoms with E-state index in [1.165, 1.54) is 16.7 Å². The average molecular weight is 256 g/mol. The molecule has 0 radical (unpaired) electrons. The number of benzene rings is 1. The van der Waals surface area contributed by atoms with Gasteiger partial charge in [0.2, 0.25) is 0 Å². The molecule has 1 aromatic carbocycles. The van der Waals surface area contributed by atoms with Crippen LogP contribution in [0.4, 0.5) is 0 Å². The van der Waals surface area contributed by atoms with E-state index in [0.29, 0.717) is 5.92 Å². The molecule has 1 heterocycles. The second-order valence-electron chi connectivity index (χ2n) is 5.56. The van der Waals surface area contributed by atoms with Crippen molar-refractivity contribution in [2.24, 2.45) is 11.7 Å². The molecular formula is C17H24N2. The first-order chi connectivity index (χ1) is 9.10. The fourth-order valence-electron chi connectivity index (χ4n) is 2.23. The van der Waals surface area contributed by atoms with Crippen LogP contribution in [0.5, 0.6) is 0 Å². The van der Waals surface area contributed by atoms with Crippen LogP contribution in [-0.4, -0.2) is 4.57 Å². The van der Waals surface area contributed by atoms with E-state index in [9.17, 15) is 0 Å². The zero-order valence-electron chi connectivity index (χ0n) is 12.1. The van der Waals surface area contributed by atoms with Gasteiger partial charge in [-0.05, 0) is 35.1 Å². The standard InChI is InChI=1S/C17H24N2/c1-4-14-5-7-15(8-6-14)11-19-10-9-16(12-19)17(18)13(2)3/h5-10,12-13,17H,4,11,18H2,1-3H3. The Balaban J connectivity index is 2.06. The molecule has 0 saturated carbocycles. The number of nitrogens with zero attached hydrogens (tertiary/aromatic N) is 1. The molecule has 0 amide bonds. The molecule has 2 heteroatoms. The first-order valence-electron chi connectivity index (χ1n) is 7.09. The molecule has 0 aliphatic rings. The second-order valence-corrected chi connectivity index (χ2v) is 5.56. The number of rotatable bonds is 5. The lowest BCUT2D eigenvalue weighted by molar-refractivity contribution is 0.513. The normalized spacial score (nSPS) is 12.9. The lowest BCUT2D eigenvalue weighted by atomic mass is 10.00. The Hall–Kier alpha value is -1.54. The highest BCUT2D eigenvalue weighted by molar-refractivity contribution is 5.24. The van der Waals surface area contributed by atoms with E-state index in [1.807, 2.05) is 0 Å². The Kier molecular flexibility index (Phi) is 4.43. The fourth-order valence-corrected chi connectivity index (χ4v) is 2.23. The molecule has 2 aromatic rings. The Morgan fingerprint density at radius 3 is 2.26 bits per heavy atom. The third-order valence-corrected chi connectivity index (χ3v) is 3.67. The molecule has 0 aliphatic carbocycles. The molecule has 0 aliphatic heterocycles. The van der Waals surface area contributed by atoms with Crippen LogP contribution in [-0.2, 0) is 13.0 Å². The van der Waals surface area contributed by atoms with Crippen molar-refractivity contribution < 1.29 is 0 Å². The first-order valence-corrected chi connectivity index (χ1v) is 7.09. The van der Waals surface area contributed by atoms with E-state index in [2.05, 4.69) is 68.1 Å². The highest BCUT2D eigenvalue weighted by Gasteiger charge is 2.11. The quantitative estimate of drug-likeness (QED) is 0.867.